The molecule has 1 aliphatic carbocycles. The Morgan fingerprint density at radius 3 is 2.30 bits per heavy atom. The fourth-order valence-corrected chi connectivity index (χ4v) is 2.17. The molecule has 0 spiro atoms. The van der Waals surface area contributed by atoms with Gasteiger partial charge < -0.3 is 4.74 Å². The number of piperidine rings is 1. The quantitative estimate of drug-likeness (QED) is 0.519. The Bertz CT molecular complexity index is 145. The van der Waals surface area contributed by atoms with E-state index in [1.165, 1.54) is 19.5 Å². The lowest BCUT2D eigenvalue weighted by atomic mass is 10.2. The van der Waals surface area contributed by atoms with Crippen molar-refractivity contribution in [2.45, 2.75) is 12.5 Å². The molecule has 56 valence electrons. The molecule has 0 bridgehead atoms. The molecule has 0 amide bonds. The summed E-state index contributed by atoms with van der Waals surface area (Å²) < 4.78 is 5.16. The molecule has 1 saturated carbocycles. The zero-order valence-electron chi connectivity index (χ0n) is 6.12. The Labute approximate surface area is 61.1 Å². The monoisotopic (exact) mass is 139 g/mol. The van der Waals surface area contributed by atoms with E-state index in [0.717, 1.165) is 31.1 Å². The molecule has 2 heterocycles. The van der Waals surface area contributed by atoms with Crippen LogP contribution in [0.25, 0.3) is 0 Å². The first-order valence-electron chi connectivity index (χ1n) is 4.25. The van der Waals surface area contributed by atoms with Crippen molar-refractivity contribution in [3.8, 4) is 0 Å². The van der Waals surface area contributed by atoms with Gasteiger partial charge >= 0.3 is 0 Å². The molecule has 2 atom stereocenters. The summed E-state index contributed by atoms with van der Waals surface area (Å²) in [6, 6.07) is 0.799. The van der Waals surface area contributed by atoms with Crippen LogP contribution in [0, 0.1) is 11.8 Å². The normalized spacial score (nSPS) is 46.8. The molecular weight excluding hydrogens is 126 g/mol. The minimum absolute atomic E-state index is 0.799. The van der Waals surface area contributed by atoms with Crippen molar-refractivity contribution in [3.05, 3.63) is 0 Å². The average Bonchev–Trinajstić information content (AvgIpc) is 2.36. The second kappa shape index (κ2) is 1.74. The predicted octanol–water partition coefficient (Wildman–Crippen LogP) is 0.337. The first-order chi connectivity index (χ1) is 4.93. The maximum absolute atomic E-state index is 5.16. The van der Waals surface area contributed by atoms with Crippen molar-refractivity contribution in [1.29, 1.82) is 0 Å². The van der Waals surface area contributed by atoms with E-state index in [9.17, 15) is 0 Å². The number of hydrogen-bond acceptors (Lipinski definition) is 2. The van der Waals surface area contributed by atoms with Crippen LogP contribution in [-0.4, -0.2) is 37.2 Å². The summed E-state index contributed by atoms with van der Waals surface area (Å²) in [4.78, 5) is 2.61. The summed E-state index contributed by atoms with van der Waals surface area (Å²) >= 11 is 0. The van der Waals surface area contributed by atoms with Crippen molar-refractivity contribution in [2.24, 2.45) is 11.8 Å². The van der Waals surface area contributed by atoms with E-state index in [2.05, 4.69) is 4.90 Å². The van der Waals surface area contributed by atoms with Gasteiger partial charge in [0.2, 0.25) is 0 Å². The van der Waals surface area contributed by atoms with E-state index in [0.29, 0.717) is 0 Å². The van der Waals surface area contributed by atoms with Crippen molar-refractivity contribution < 1.29 is 4.74 Å². The lowest BCUT2D eigenvalue weighted by Gasteiger charge is -2.35. The van der Waals surface area contributed by atoms with Crippen LogP contribution in [0.3, 0.4) is 0 Å². The third-order valence-corrected chi connectivity index (χ3v) is 3.14. The van der Waals surface area contributed by atoms with E-state index in [1.807, 2.05) is 0 Å². The van der Waals surface area contributed by atoms with Crippen LogP contribution >= 0.6 is 0 Å². The van der Waals surface area contributed by atoms with E-state index in [1.54, 1.807) is 0 Å². The largest absolute Gasteiger partial charge is 0.378 e. The highest BCUT2D eigenvalue weighted by atomic mass is 16.5. The van der Waals surface area contributed by atoms with Crippen LogP contribution in [0.4, 0.5) is 0 Å². The highest BCUT2D eigenvalue weighted by Crippen LogP contribution is 2.45. The number of hydrogen-bond donors (Lipinski definition) is 0. The smallest absolute Gasteiger partial charge is 0.0645 e. The van der Waals surface area contributed by atoms with Gasteiger partial charge in [0.05, 0.1) is 19.3 Å². The summed E-state index contributed by atoms with van der Waals surface area (Å²) in [7, 11) is 0. The Hall–Kier alpha value is -0.0800. The first kappa shape index (κ1) is 5.56. The molecule has 0 aromatic rings. The van der Waals surface area contributed by atoms with Gasteiger partial charge in [0.25, 0.3) is 0 Å². The van der Waals surface area contributed by atoms with Gasteiger partial charge in [0.15, 0.2) is 0 Å². The van der Waals surface area contributed by atoms with Crippen molar-refractivity contribution >= 4 is 0 Å². The standard InChI is InChI=1S/C8H13NO/c1-6-2-9(3-7(1)6)8-4-10-5-8/h6-8H,1-5H2. The van der Waals surface area contributed by atoms with Gasteiger partial charge in [-0.1, -0.05) is 0 Å². The summed E-state index contributed by atoms with van der Waals surface area (Å²) in [5.41, 5.74) is 0. The zero-order chi connectivity index (χ0) is 6.55. The van der Waals surface area contributed by atoms with Crippen molar-refractivity contribution in [3.63, 3.8) is 0 Å². The third-order valence-electron chi connectivity index (χ3n) is 3.14. The first-order valence-corrected chi connectivity index (χ1v) is 4.25. The number of likely N-dealkylation sites (tertiary alicyclic amines) is 1. The Morgan fingerprint density at radius 2 is 1.80 bits per heavy atom. The fraction of sp³-hybridized carbons (Fsp3) is 1.00. The van der Waals surface area contributed by atoms with E-state index >= 15 is 0 Å². The van der Waals surface area contributed by atoms with Gasteiger partial charge in [-0.05, 0) is 18.3 Å². The molecule has 0 aromatic carbocycles. The highest BCUT2D eigenvalue weighted by Gasteiger charge is 2.47. The van der Waals surface area contributed by atoms with Gasteiger partial charge in [0, 0.05) is 13.1 Å². The van der Waals surface area contributed by atoms with E-state index in [-0.39, 0.29) is 0 Å². The number of nitrogens with zero attached hydrogens (tertiary/aromatic N) is 1. The van der Waals surface area contributed by atoms with E-state index < -0.39 is 0 Å². The topological polar surface area (TPSA) is 12.5 Å². The summed E-state index contributed by atoms with van der Waals surface area (Å²) in [5.74, 6) is 2.17. The average molecular weight is 139 g/mol. The Balaban J connectivity index is 1.63. The molecule has 2 heteroatoms. The Kier molecular flexibility index (Phi) is 0.968. The second-order valence-electron chi connectivity index (χ2n) is 3.90. The number of rotatable bonds is 1. The predicted molar refractivity (Wildman–Crippen MR) is 37.8 cm³/mol. The summed E-state index contributed by atoms with van der Waals surface area (Å²) in [6.07, 6.45) is 1.52. The van der Waals surface area contributed by atoms with Gasteiger partial charge in [0.1, 0.15) is 0 Å². The van der Waals surface area contributed by atoms with Crippen LogP contribution < -0.4 is 0 Å². The molecule has 3 fully saturated rings. The van der Waals surface area contributed by atoms with Crippen LogP contribution in [0.1, 0.15) is 6.42 Å². The molecule has 3 rings (SSSR count). The minimum atomic E-state index is 0.799. The third kappa shape index (κ3) is 0.663. The lowest BCUT2D eigenvalue weighted by Crippen LogP contribution is -2.48. The molecule has 0 N–H and O–H groups in total. The molecule has 2 aliphatic heterocycles. The van der Waals surface area contributed by atoms with Gasteiger partial charge in [-0.3, -0.25) is 4.90 Å². The molecule has 0 radical (unpaired) electrons. The van der Waals surface area contributed by atoms with Crippen molar-refractivity contribution in [2.75, 3.05) is 26.3 Å². The van der Waals surface area contributed by atoms with Crippen LogP contribution in [0.2, 0.25) is 0 Å². The second-order valence-corrected chi connectivity index (χ2v) is 3.90. The maximum Gasteiger partial charge on any atom is 0.0645 e. The van der Waals surface area contributed by atoms with E-state index in [4.69, 9.17) is 4.74 Å². The fourth-order valence-electron chi connectivity index (χ4n) is 2.17. The summed E-state index contributed by atoms with van der Waals surface area (Å²) in [6.45, 7) is 4.75. The van der Waals surface area contributed by atoms with Gasteiger partial charge in [-0.2, -0.15) is 0 Å². The molecular formula is C8H13NO. The molecule has 2 saturated heterocycles. The van der Waals surface area contributed by atoms with Crippen molar-refractivity contribution in [1.82, 2.24) is 4.90 Å². The zero-order valence-corrected chi connectivity index (χ0v) is 6.12. The Morgan fingerprint density at radius 1 is 1.10 bits per heavy atom. The van der Waals surface area contributed by atoms with Gasteiger partial charge in [-0.25, -0.2) is 0 Å². The summed E-state index contributed by atoms with van der Waals surface area (Å²) in [5, 5.41) is 0. The molecule has 3 aliphatic rings. The van der Waals surface area contributed by atoms with Crippen LogP contribution in [0.5, 0.6) is 0 Å². The minimum Gasteiger partial charge on any atom is -0.378 e. The SMILES string of the molecule is C1C2CN(C3COC3)CC12. The van der Waals surface area contributed by atoms with Crippen LogP contribution in [0.15, 0.2) is 0 Å². The molecule has 0 aromatic heterocycles. The molecule has 10 heavy (non-hydrogen) atoms. The lowest BCUT2D eigenvalue weighted by molar-refractivity contribution is -0.0605. The number of fused-ring (bicyclic) bond motifs is 1. The highest BCUT2D eigenvalue weighted by molar-refractivity contribution is 4.99. The van der Waals surface area contributed by atoms with Gasteiger partial charge in [-0.15, -0.1) is 0 Å². The number of ether oxygens (including phenoxy) is 1. The maximum atomic E-state index is 5.16. The molecule has 2 unspecified atom stereocenters. The molecule has 2 nitrogen and oxygen atoms in total. The van der Waals surface area contributed by atoms with Crippen LogP contribution in [-0.2, 0) is 4.74 Å².